The maximum Gasteiger partial charge on any atom is 0.160 e. The molecule has 2 aromatic carbocycles. The van der Waals surface area contributed by atoms with E-state index in [4.69, 9.17) is 0 Å². The Morgan fingerprint density at radius 3 is 1.56 bits per heavy atom. The van der Waals surface area contributed by atoms with Crippen LogP contribution in [0.4, 0.5) is 0 Å². The molecule has 0 amide bonds. The number of allylic oxidation sites excluding steroid dienone is 4. The van der Waals surface area contributed by atoms with Gasteiger partial charge in [-0.05, 0) is 50.3 Å². The van der Waals surface area contributed by atoms with Gasteiger partial charge in [-0.2, -0.15) is 0 Å². The summed E-state index contributed by atoms with van der Waals surface area (Å²) in [6.07, 6.45) is 3.96. The second-order valence-corrected chi connectivity index (χ2v) is 11.7. The predicted molar refractivity (Wildman–Crippen MR) is 130 cm³/mol. The Hall–Kier alpha value is -2.74. The average Bonchev–Trinajstić information content (AvgIpc) is 3.34. The molecule has 32 heavy (non-hydrogen) atoms. The van der Waals surface area contributed by atoms with Crippen LogP contribution in [-0.2, 0) is 20.4 Å². The maximum absolute atomic E-state index is 13.3. The third-order valence-electron chi connectivity index (χ3n) is 7.62. The number of hydrogen-bond donors (Lipinski definition) is 0. The highest BCUT2D eigenvalue weighted by Crippen LogP contribution is 2.59. The van der Waals surface area contributed by atoms with Crippen molar-refractivity contribution >= 4 is 22.7 Å². The topological polar surface area (TPSA) is 34.1 Å². The van der Waals surface area contributed by atoms with Crippen molar-refractivity contribution in [3.05, 3.63) is 82.9 Å². The van der Waals surface area contributed by atoms with Gasteiger partial charge in [0.15, 0.2) is 5.78 Å². The largest absolute Gasteiger partial charge is 0.298 e. The van der Waals surface area contributed by atoms with E-state index in [9.17, 15) is 9.59 Å². The smallest absolute Gasteiger partial charge is 0.160 e. The van der Waals surface area contributed by atoms with Gasteiger partial charge in [-0.25, -0.2) is 0 Å². The third kappa shape index (κ3) is 3.15. The molecule has 0 aromatic heterocycles. The molecule has 4 atom stereocenters. The summed E-state index contributed by atoms with van der Waals surface area (Å²) in [5, 5.41) is 0. The molecule has 0 aliphatic heterocycles. The minimum Gasteiger partial charge on any atom is -0.298 e. The summed E-state index contributed by atoms with van der Waals surface area (Å²) in [6, 6.07) is 17.1. The Morgan fingerprint density at radius 1 is 0.625 bits per heavy atom. The number of benzene rings is 2. The van der Waals surface area contributed by atoms with Crippen molar-refractivity contribution in [3.63, 3.8) is 0 Å². The van der Waals surface area contributed by atoms with Crippen LogP contribution < -0.4 is 0 Å². The van der Waals surface area contributed by atoms with Crippen LogP contribution in [0.2, 0.25) is 0 Å². The first-order valence-corrected chi connectivity index (χ1v) is 11.7. The zero-order valence-electron chi connectivity index (χ0n) is 19.9. The van der Waals surface area contributed by atoms with Crippen LogP contribution in [0.1, 0.15) is 63.8 Å². The van der Waals surface area contributed by atoms with Crippen LogP contribution in [0.15, 0.2) is 60.7 Å². The summed E-state index contributed by atoms with van der Waals surface area (Å²) >= 11 is 0. The lowest BCUT2D eigenvalue weighted by Gasteiger charge is -2.26. The van der Waals surface area contributed by atoms with Crippen molar-refractivity contribution in [2.75, 3.05) is 0 Å². The molecule has 1 saturated carbocycles. The highest BCUT2D eigenvalue weighted by atomic mass is 16.1. The Bertz CT molecular complexity index is 1160. The second-order valence-electron chi connectivity index (χ2n) is 11.7. The van der Waals surface area contributed by atoms with Gasteiger partial charge < -0.3 is 0 Å². The Balaban J connectivity index is 1.47. The fraction of sp³-hybridized carbons (Fsp3) is 0.400. The molecule has 164 valence electrons. The zero-order chi connectivity index (χ0) is 23.0. The molecule has 2 bridgehead atoms. The van der Waals surface area contributed by atoms with Crippen LogP contribution in [-0.4, -0.2) is 11.6 Å². The zero-order valence-corrected chi connectivity index (χ0v) is 19.9. The predicted octanol–water partition coefficient (Wildman–Crippen LogP) is 6.39. The molecule has 0 saturated heterocycles. The minimum atomic E-state index is -0.305. The number of carbonyl (C=O) groups is 2. The van der Waals surface area contributed by atoms with Gasteiger partial charge in [-0.15, -0.1) is 0 Å². The number of ketones is 2. The highest BCUT2D eigenvalue weighted by molar-refractivity contribution is 6.16. The van der Waals surface area contributed by atoms with Crippen molar-refractivity contribution < 1.29 is 9.59 Å². The van der Waals surface area contributed by atoms with Gasteiger partial charge >= 0.3 is 0 Å². The lowest BCUT2D eigenvalue weighted by atomic mass is 9.75. The first-order valence-electron chi connectivity index (χ1n) is 11.7. The fourth-order valence-electron chi connectivity index (χ4n) is 5.77. The van der Waals surface area contributed by atoms with E-state index >= 15 is 0 Å². The van der Waals surface area contributed by atoms with E-state index in [1.807, 2.05) is 6.08 Å². The van der Waals surface area contributed by atoms with Crippen molar-refractivity contribution in [1.82, 2.24) is 0 Å². The van der Waals surface area contributed by atoms with E-state index in [0.717, 1.165) is 22.3 Å². The van der Waals surface area contributed by atoms with Gasteiger partial charge in [-0.3, -0.25) is 9.59 Å². The Morgan fingerprint density at radius 2 is 1.09 bits per heavy atom. The summed E-state index contributed by atoms with van der Waals surface area (Å²) in [5.41, 5.74) is 6.96. The molecular formula is C30H32O2. The van der Waals surface area contributed by atoms with E-state index in [1.165, 1.54) is 11.1 Å². The van der Waals surface area contributed by atoms with Crippen molar-refractivity contribution in [2.24, 2.45) is 23.7 Å². The van der Waals surface area contributed by atoms with Gasteiger partial charge in [0.25, 0.3) is 0 Å². The number of fused-ring (bicyclic) bond motifs is 5. The fourth-order valence-corrected chi connectivity index (χ4v) is 5.77. The lowest BCUT2D eigenvalue weighted by Crippen LogP contribution is -2.24. The highest BCUT2D eigenvalue weighted by Gasteiger charge is 2.60. The third-order valence-corrected chi connectivity index (χ3v) is 7.62. The van der Waals surface area contributed by atoms with Crippen LogP contribution >= 0.6 is 0 Å². The standard InChI is InChI=1S/C30H32O2/c1-29(2,3)19-11-7-17(8-12-19)21-15-23-25-22(16-24(31)27(25)26(21)28(23)32)18-9-13-20(14-10-18)30(4,5)6/h7-16,23,25-27H,1-6H3/t23-,25+,26+,27+/m0/s1. The summed E-state index contributed by atoms with van der Waals surface area (Å²) in [4.78, 5) is 26.4. The minimum absolute atomic E-state index is 0.0157. The molecule has 3 aliphatic carbocycles. The molecule has 5 rings (SSSR count). The van der Waals surface area contributed by atoms with Crippen LogP contribution in [0, 0.1) is 23.7 Å². The van der Waals surface area contributed by atoms with Crippen LogP contribution in [0.3, 0.4) is 0 Å². The van der Waals surface area contributed by atoms with Gasteiger partial charge in [0, 0.05) is 17.8 Å². The maximum atomic E-state index is 13.3. The molecule has 0 heterocycles. The Kier molecular flexibility index (Phi) is 4.54. The second kappa shape index (κ2) is 6.88. The van der Waals surface area contributed by atoms with Gasteiger partial charge in [0.05, 0.1) is 5.92 Å². The quantitative estimate of drug-likeness (QED) is 0.559. The van der Waals surface area contributed by atoms with Gasteiger partial charge in [-0.1, -0.05) is 96.1 Å². The van der Waals surface area contributed by atoms with E-state index in [-0.39, 0.29) is 46.1 Å². The summed E-state index contributed by atoms with van der Waals surface area (Å²) in [6.45, 7) is 13.2. The summed E-state index contributed by atoms with van der Waals surface area (Å²) in [5.74, 6) is -0.421. The van der Waals surface area contributed by atoms with Gasteiger partial charge in [0.1, 0.15) is 5.78 Å². The van der Waals surface area contributed by atoms with Crippen molar-refractivity contribution in [1.29, 1.82) is 0 Å². The molecule has 2 aromatic rings. The lowest BCUT2D eigenvalue weighted by molar-refractivity contribution is -0.124. The molecule has 2 nitrogen and oxygen atoms in total. The molecule has 0 N–H and O–H groups in total. The molecule has 3 aliphatic rings. The van der Waals surface area contributed by atoms with E-state index in [1.54, 1.807) is 0 Å². The molecule has 0 unspecified atom stereocenters. The SMILES string of the molecule is CC(C)(C)c1ccc(C2=C[C@@H]3C(=O)[C@H]2[C@@H]2C(=O)C=C(c4ccc(C(C)(C)C)cc4)[C@@H]23)cc1. The molecule has 0 spiro atoms. The van der Waals surface area contributed by atoms with E-state index in [2.05, 4.69) is 96.1 Å². The number of hydrogen-bond acceptors (Lipinski definition) is 2. The first kappa shape index (κ1) is 21.1. The monoisotopic (exact) mass is 424 g/mol. The normalized spacial score (nSPS) is 26.9. The molecular weight excluding hydrogens is 392 g/mol. The molecule has 2 heteroatoms. The number of Topliss-reactive ketones (excluding diaryl/α,β-unsaturated/α-hetero) is 1. The summed E-state index contributed by atoms with van der Waals surface area (Å²) in [7, 11) is 0. The number of carbonyl (C=O) groups excluding carboxylic acids is 2. The molecule has 1 fully saturated rings. The van der Waals surface area contributed by atoms with E-state index < -0.39 is 0 Å². The average molecular weight is 425 g/mol. The first-order chi connectivity index (χ1) is 15.0. The van der Waals surface area contributed by atoms with Crippen molar-refractivity contribution in [2.45, 2.75) is 52.4 Å². The Labute approximate surface area is 191 Å². The number of rotatable bonds is 2. The van der Waals surface area contributed by atoms with Crippen LogP contribution in [0.25, 0.3) is 11.1 Å². The van der Waals surface area contributed by atoms with Crippen LogP contribution in [0.5, 0.6) is 0 Å². The summed E-state index contributed by atoms with van der Waals surface area (Å²) < 4.78 is 0. The van der Waals surface area contributed by atoms with Gasteiger partial charge in [0.2, 0.25) is 0 Å². The van der Waals surface area contributed by atoms with Crippen molar-refractivity contribution in [3.8, 4) is 0 Å². The molecule has 0 radical (unpaired) electrons. The van der Waals surface area contributed by atoms with E-state index in [0.29, 0.717) is 0 Å².